The summed E-state index contributed by atoms with van der Waals surface area (Å²) in [4.78, 5) is 10.3. The van der Waals surface area contributed by atoms with E-state index in [2.05, 4.69) is 33.6 Å². The molecule has 1 aliphatic rings. The number of fused-ring (bicyclic) bond motifs is 1. The fraction of sp³-hybridized carbons (Fsp3) is 0.348. The van der Waals surface area contributed by atoms with Crippen LogP contribution in [-0.2, 0) is 7.05 Å². The van der Waals surface area contributed by atoms with Crippen LogP contribution in [0.1, 0.15) is 31.4 Å². The molecule has 1 fully saturated rings. The summed E-state index contributed by atoms with van der Waals surface area (Å²) in [5.74, 6) is 0.661. The molecule has 1 aromatic carbocycles. The highest BCUT2D eigenvalue weighted by molar-refractivity contribution is 7.14. The first-order chi connectivity index (χ1) is 14.6. The molecule has 3 heterocycles. The maximum Gasteiger partial charge on any atom is 0.124 e. The quantitative estimate of drug-likeness (QED) is 0.431. The van der Waals surface area contributed by atoms with Crippen molar-refractivity contribution in [3.8, 4) is 21.8 Å². The van der Waals surface area contributed by atoms with Crippen LogP contribution in [0.2, 0.25) is 0 Å². The van der Waals surface area contributed by atoms with E-state index in [0.717, 1.165) is 50.5 Å². The SMILES string of the molecule is Cc1nn(C)c2cc(-c3cncc(-c4cc(NC(O)CC5CCC5)cs4)n3)ccc12. The van der Waals surface area contributed by atoms with Crippen LogP contribution in [0.5, 0.6) is 0 Å². The highest BCUT2D eigenvalue weighted by atomic mass is 32.1. The van der Waals surface area contributed by atoms with Crippen LogP contribution in [0.25, 0.3) is 32.7 Å². The number of thiophene rings is 1. The molecule has 154 valence electrons. The third-order valence-corrected chi connectivity index (χ3v) is 6.89. The van der Waals surface area contributed by atoms with Gasteiger partial charge >= 0.3 is 0 Å². The summed E-state index contributed by atoms with van der Waals surface area (Å²) in [6.45, 7) is 2.02. The van der Waals surface area contributed by atoms with E-state index in [1.54, 1.807) is 23.7 Å². The van der Waals surface area contributed by atoms with Crippen LogP contribution in [0.4, 0.5) is 5.69 Å². The van der Waals surface area contributed by atoms with Crippen LogP contribution in [-0.4, -0.2) is 31.1 Å². The van der Waals surface area contributed by atoms with Gasteiger partial charge in [0.1, 0.15) is 6.23 Å². The lowest BCUT2D eigenvalue weighted by Crippen LogP contribution is -2.25. The first kappa shape index (κ1) is 19.2. The molecule has 0 bridgehead atoms. The smallest absolute Gasteiger partial charge is 0.124 e. The number of rotatable bonds is 6. The third-order valence-electron chi connectivity index (χ3n) is 5.93. The molecule has 1 saturated carbocycles. The van der Waals surface area contributed by atoms with E-state index in [-0.39, 0.29) is 0 Å². The maximum atomic E-state index is 10.3. The molecule has 2 N–H and O–H groups in total. The molecule has 0 aliphatic heterocycles. The van der Waals surface area contributed by atoms with Crippen LogP contribution >= 0.6 is 11.3 Å². The second-order valence-corrected chi connectivity index (χ2v) is 9.03. The van der Waals surface area contributed by atoms with E-state index in [1.807, 2.05) is 30.1 Å². The van der Waals surface area contributed by atoms with E-state index in [1.165, 1.54) is 19.3 Å². The summed E-state index contributed by atoms with van der Waals surface area (Å²) in [5, 5.41) is 21.2. The Balaban J connectivity index is 1.37. The molecule has 7 heteroatoms. The number of nitrogens with one attached hydrogen (secondary N) is 1. The van der Waals surface area contributed by atoms with Crippen molar-refractivity contribution in [3.63, 3.8) is 0 Å². The van der Waals surface area contributed by atoms with Crippen molar-refractivity contribution in [3.05, 3.63) is 47.7 Å². The predicted octanol–water partition coefficient (Wildman–Crippen LogP) is 4.99. The lowest BCUT2D eigenvalue weighted by molar-refractivity contribution is 0.139. The van der Waals surface area contributed by atoms with E-state index in [0.29, 0.717) is 5.92 Å². The standard InChI is InChI=1S/C23H25N5OS/c1-14-18-7-6-16(9-21(18)28(2)27-14)19-11-24-12-20(26-19)22-10-17(13-30-22)25-23(29)8-15-4-3-5-15/h6-7,9-13,15,23,25,29H,3-5,8H2,1-2H3. The van der Waals surface area contributed by atoms with Gasteiger partial charge < -0.3 is 10.4 Å². The zero-order valence-electron chi connectivity index (χ0n) is 17.2. The minimum Gasteiger partial charge on any atom is -0.374 e. The zero-order valence-corrected chi connectivity index (χ0v) is 18.0. The van der Waals surface area contributed by atoms with E-state index >= 15 is 0 Å². The third kappa shape index (κ3) is 3.70. The minimum absolute atomic E-state index is 0.496. The average molecular weight is 420 g/mol. The van der Waals surface area contributed by atoms with Crippen molar-refractivity contribution in [1.82, 2.24) is 19.7 Å². The molecule has 1 unspecified atom stereocenters. The van der Waals surface area contributed by atoms with Gasteiger partial charge in [0.15, 0.2) is 0 Å². The number of aromatic nitrogens is 4. The Labute approximate surface area is 179 Å². The fourth-order valence-electron chi connectivity index (χ4n) is 4.06. The van der Waals surface area contributed by atoms with Crippen molar-refractivity contribution in [2.75, 3.05) is 5.32 Å². The summed E-state index contributed by atoms with van der Waals surface area (Å²) in [6, 6.07) is 8.32. The molecular weight excluding hydrogens is 394 g/mol. The summed E-state index contributed by atoms with van der Waals surface area (Å²) >= 11 is 1.61. The molecule has 3 aromatic heterocycles. The second kappa shape index (κ2) is 7.81. The normalized spacial score (nSPS) is 15.3. The van der Waals surface area contributed by atoms with Gasteiger partial charge in [0.2, 0.25) is 0 Å². The Kier molecular flexibility index (Phi) is 5.00. The van der Waals surface area contributed by atoms with Crippen LogP contribution in [0.15, 0.2) is 42.0 Å². The Hall–Kier alpha value is -2.77. The molecule has 0 saturated heterocycles. The Morgan fingerprint density at radius 2 is 2.07 bits per heavy atom. The molecule has 6 nitrogen and oxygen atoms in total. The number of benzene rings is 1. The topological polar surface area (TPSA) is 75.9 Å². The molecule has 0 spiro atoms. The van der Waals surface area contributed by atoms with Crippen molar-refractivity contribution < 1.29 is 5.11 Å². The van der Waals surface area contributed by atoms with Gasteiger partial charge in [-0.15, -0.1) is 11.3 Å². The lowest BCUT2D eigenvalue weighted by Gasteiger charge is -2.27. The van der Waals surface area contributed by atoms with Crippen LogP contribution < -0.4 is 5.32 Å². The molecule has 0 amide bonds. The highest BCUT2D eigenvalue weighted by Crippen LogP contribution is 2.33. The van der Waals surface area contributed by atoms with Crippen molar-refractivity contribution in [2.45, 2.75) is 38.8 Å². The average Bonchev–Trinajstić information content (AvgIpc) is 3.29. The van der Waals surface area contributed by atoms with E-state index in [4.69, 9.17) is 4.98 Å². The Morgan fingerprint density at radius 3 is 2.87 bits per heavy atom. The minimum atomic E-state index is -0.496. The monoisotopic (exact) mass is 419 g/mol. The molecule has 5 rings (SSSR count). The number of hydrogen-bond acceptors (Lipinski definition) is 6. The van der Waals surface area contributed by atoms with Crippen molar-refractivity contribution >= 4 is 27.9 Å². The Morgan fingerprint density at radius 1 is 1.23 bits per heavy atom. The number of hydrogen-bond donors (Lipinski definition) is 2. The van der Waals surface area contributed by atoms with Gasteiger partial charge in [-0.05, 0) is 31.4 Å². The van der Waals surface area contributed by atoms with E-state index in [9.17, 15) is 5.11 Å². The van der Waals surface area contributed by atoms with Gasteiger partial charge in [0.05, 0.1) is 39.9 Å². The largest absolute Gasteiger partial charge is 0.374 e. The lowest BCUT2D eigenvalue weighted by atomic mass is 9.82. The van der Waals surface area contributed by atoms with Gasteiger partial charge in [-0.1, -0.05) is 31.4 Å². The highest BCUT2D eigenvalue weighted by Gasteiger charge is 2.21. The second-order valence-electron chi connectivity index (χ2n) is 8.12. The number of aliphatic hydroxyl groups is 1. The fourth-order valence-corrected chi connectivity index (χ4v) is 4.87. The first-order valence-corrected chi connectivity index (χ1v) is 11.2. The number of anilines is 1. The van der Waals surface area contributed by atoms with Crippen molar-refractivity contribution in [1.29, 1.82) is 0 Å². The first-order valence-electron chi connectivity index (χ1n) is 10.4. The van der Waals surface area contributed by atoms with Crippen molar-refractivity contribution in [2.24, 2.45) is 13.0 Å². The van der Waals surface area contributed by atoms with Gasteiger partial charge in [-0.3, -0.25) is 9.67 Å². The molecule has 30 heavy (non-hydrogen) atoms. The summed E-state index contributed by atoms with van der Waals surface area (Å²) in [5.41, 5.74) is 5.73. The van der Waals surface area contributed by atoms with Crippen LogP contribution in [0.3, 0.4) is 0 Å². The zero-order chi connectivity index (χ0) is 20.7. The van der Waals surface area contributed by atoms with Gasteiger partial charge in [0.25, 0.3) is 0 Å². The molecule has 1 aliphatic carbocycles. The predicted molar refractivity (Wildman–Crippen MR) is 121 cm³/mol. The summed E-state index contributed by atoms with van der Waals surface area (Å²) in [7, 11) is 1.96. The number of nitrogens with zero attached hydrogens (tertiary/aromatic N) is 4. The maximum absolute atomic E-state index is 10.3. The molecular formula is C23H25N5OS. The van der Waals surface area contributed by atoms with Crippen LogP contribution in [0, 0.1) is 12.8 Å². The number of aliphatic hydroxyl groups excluding tert-OH is 1. The van der Waals surface area contributed by atoms with Gasteiger partial charge in [0, 0.05) is 29.1 Å². The Bertz CT molecular complexity index is 1190. The molecule has 4 aromatic rings. The summed E-state index contributed by atoms with van der Waals surface area (Å²) < 4.78 is 1.90. The number of aryl methyl sites for hydroxylation is 2. The van der Waals surface area contributed by atoms with Gasteiger partial charge in [-0.2, -0.15) is 5.10 Å². The van der Waals surface area contributed by atoms with Gasteiger partial charge in [-0.25, -0.2) is 4.98 Å². The summed E-state index contributed by atoms with van der Waals surface area (Å²) in [6.07, 6.45) is 7.67. The molecule has 1 atom stereocenters. The van der Waals surface area contributed by atoms with E-state index < -0.39 is 6.23 Å². The molecule has 0 radical (unpaired) electrons.